The fraction of sp³-hybridized carbons (Fsp3) is 0.727. The summed E-state index contributed by atoms with van der Waals surface area (Å²) in [7, 11) is 0. The minimum absolute atomic E-state index is 0.0255. The Morgan fingerprint density at radius 1 is 1.38 bits per heavy atom. The molecule has 16 heavy (non-hydrogen) atoms. The molecule has 1 aliphatic rings. The van der Waals surface area contributed by atoms with E-state index in [1.807, 2.05) is 0 Å². The van der Waals surface area contributed by atoms with Crippen LogP contribution in [0.3, 0.4) is 0 Å². The molecule has 1 saturated carbocycles. The molecule has 0 amide bonds. The molecule has 0 bridgehead atoms. The molecule has 0 aliphatic heterocycles. The number of hydrogen-bond donors (Lipinski definition) is 0. The highest BCUT2D eigenvalue weighted by molar-refractivity contribution is 5.83. The Hall–Kier alpha value is -1.39. The highest BCUT2D eigenvalue weighted by atomic mass is 16.5. The van der Waals surface area contributed by atoms with Crippen molar-refractivity contribution in [3.05, 3.63) is 11.8 Å². The van der Waals surface area contributed by atoms with Gasteiger partial charge >= 0.3 is 11.9 Å². The van der Waals surface area contributed by atoms with Crippen molar-refractivity contribution in [1.29, 1.82) is 0 Å². The zero-order chi connectivity index (χ0) is 11.4. The topological polar surface area (TPSA) is 65.2 Å². The maximum absolute atomic E-state index is 11.3. The Kier molecular flexibility index (Phi) is 3.54. The molecule has 1 heterocycles. The van der Waals surface area contributed by atoms with Gasteiger partial charge in [0.15, 0.2) is 0 Å². The second kappa shape index (κ2) is 5.09. The van der Waals surface area contributed by atoms with Crippen LogP contribution in [0.15, 0.2) is 4.42 Å². The number of nitrogens with zero attached hydrogens (tertiary/aromatic N) is 2. The molecule has 0 atom stereocenters. The van der Waals surface area contributed by atoms with Crippen molar-refractivity contribution in [2.24, 2.45) is 0 Å². The van der Waals surface area contributed by atoms with Gasteiger partial charge in [-0.2, -0.15) is 0 Å². The lowest BCUT2D eigenvalue weighted by atomic mass is 9.89. The van der Waals surface area contributed by atoms with E-state index in [-0.39, 0.29) is 5.89 Å². The largest absolute Gasteiger partial charge is 0.459 e. The molecule has 1 fully saturated rings. The Balaban J connectivity index is 2.03. The number of carbonyl (C=O) groups excluding carboxylic acids is 1. The highest BCUT2D eigenvalue weighted by Gasteiger charge is 2.23. The van der Waals surface area contributed by atoms with Crippen LogP contribution in [0.25, 0.3) is 0 Å². The summed E-state index contributed by atoms with van der Waals surface area (Å²) in [4.78, 5) is 11.3. The molecule has 0 spiro atoms. The van der Waals surface area contributed by atoms with Crippen LogP contribution in [0.1, 0.15) is 61.5 Å². The fourth-order valence-corrected chi connectivity index (χ4v) is 2.02. The second-order valence-electron chi connectivity index (χ2n) is 4.00. The molecule has 0 N–H and O–H groups in total. The fourth-order valence-electron chi connectivity index (χ4n) is 2.02. The van der Waals surface area contributed by atoms with Crippen molar-refractivity contribution < 1.29 is 13.9 Å². The van der Waals surface area contributed by atoms with E-state index >= 15 is 0 Å². The summed E-state index contributed by atoms with van der Waals surface area (Å²) >= 11 is 0. The summed E-state index contributed by atoms with van der Waals surface area (Å²) < 4.78 is 10.1. The van der Waals surface area contributed by atoms with Gasteiger partial charge in [-0.05, 0) is 19.8 Å². The number of rotatable bonds is 3. The molecule has 1 aromatic rings. The third kappa shape index (κ3) is 2.40. The van der Waals surface area contributed by atoms with E-state index in [2.05, 4.69) is 10.2 Å². The summed E-state index contributed by atoms with van der Waals surface area (Å²) in [5.41, 5.74) is 0. The predicted octanol–water partition coefficient (Wildman–Crippen LogP) is 2.29. The molecule has 2 rings (SSSR count). The molecule has 5 heteroatoms. The molecule has 1 aromatic heterocycles. The summed E-state index contributed by atoms with van der Waals surface area (Å²) in [5, 5.41) is 7.64. The van der Waals surface area contributed by atoms with Gasteiger partial charge < -0.3 is 9.15 Å². The SMILES string of the molecule is CCOC(=O)c1nnc(C2CCCCC2)o1. The number of carbonyl (C=O) groups is 1. The monoisotopic (exact) mass is 224 g/mol. The maximum Gasteiger partial charge on any atom is 0.396 e. The number of esters is 1. The first-order valence-corrected chi connectivity index (χ1v) is 5.81. The summed E-state index contributed by atoms with van der Waals surface area (Å²) in [6.45, 7) is 2.07. The second-order valence-corrected chi connectivity index (χ2v) is 4.00. The van der Waals surface area contributed by atoms with E-state index in [0.717, 1.165) is 12.8 Å². The minimum Gasteiger partial charge on any atom is -0.459 e. The third-order valence-corrected chi connectivity index (χ3v) is 2.85. The lowest BCUT2D eigenvalue weighted by molar-refractivity contribution is 0.0477. The summed E-state index contributed by atoms with van der Waals surface area (Å²) in [6.07, 6.45) is 5.81. The Morgan fingerprint density at radius 2 is 2.12 bits per heavy atom. The number of aromatic nitrogens is 2. The molecular weight excluding hydrogens is 208 g/mol. The Labute approximate surface area is 94.2 Å². The summed E-state index contributed by atoms with van der Waals surface area (Å²) in [5.74, 6) is 0.353. The zero-order valence-electron chi connectivity index (χ0n) is 9.44. The zero-order valence-corrected chi connectivity index (χ0v) is 9.44. The first-order valence-electron chi connectivity index (χ1n) is 5.81. The van der Waals surface area contributed by atoms with E-state index in [9.17, 15) is 4.79 Å². The molecule has 0 saturated heterocycles. The Morgan fingerprint density at radius 3 is 2.81 bits per heavy atom. The molecule has 0 radical (unpaired) electrons. The average Bonchev–Trinajstić information content (AvgIpc) is 2.80. The first-order chi connectivity index (χ1) is 7.81. The smallest absolute Gasteiger partial charge is 0.396 e. The standard InChI is InChI=1S/C11H16N2O3/c1-2-15-11(14)10-13-12-9(16-10)8-6-4-3-5-7-8/h8H,2-7H2,1H3. The molecule has 1 aliphatic carbocycles. The van der Waals surface area contributed by atoms with Crippen LogP contribution in [-0.4, -0.2) is 22.8 Å². The predicted molar refractivity (Wildman–Crippen MR) is 56.1 cm³/mol. The lowest BCUT2D eigenvalue weighted by Crippen LogP contribution is -2.05. The molecule has 5 nitrogen and oxygen atoms in total. The van der Waals surface area contributed by atoms with Gasteiger partial charge in [0.25, 0.3) is 0 Å². The lowest BCUT2D eigenvalue weighted by Gasteiger charge is -2.17. The summed E-state index contributed by atoms with van der Waals surface area (Å²) in [6, 6.07) is 0. The van der Waals surface area contributed by atoms with Gasteiger partial charge in [-0.3, -0.25) is 0 Å². The number of hydrogen-bond acceptors (Lipinski definition) is 5. The van der Waals surface area contributed by atoms with E-state index in [0.29, 0.717) is 18.4 Å². The van der Waals surface area contributed by atoms with Gasteiger partial charge in [-0.1, -0.05) is 19.3 Å². The van der Waals surface area contributed by atoms with E-state index in [1.165, 1.54) is 19.3 Å². The van der Waals surface area contributed by atoms with E-state index < -0.39 is 5.97 Å². The quantitative estimate of drug-likeness (QED) is 0.737. The van der Waals surface area contributed by atoms with Crippen molar-refractivity contribution >= 4 is 5.97 Å². The maximum atomic E-state index is 11.3. The Bertz CT molecular complexity index is 356. The van der Waals surface area contributed by atoms with Gasteiger partial charge in [0.1, 0.15) is 0 Å². The van der Waals surface area contributed by atoms with Crippen LogP contribution in [-0.2, 0) is 4.74 Å². The van der Waals surface area contributed by atoms with Crippen molar-refractivity contribution in [3.8, 4) is 0 Å². The number of ether oxygens (including phenoxy) is 1. The van der Waals surface area contributed by atoms with Gasteiger partial charge in [-0.15, -0.1) is 10.2 Å². The average molecular weight is 224 g/mol. The van der Waals surface area contributed by atoms with Gasteiger partial charge in [-0.25, -0.2) is 4.79 Å². The van der Waals surface area contributed by atoms with Crippen LogP contribution >= 0.6 is 0 Å². The molecule has 0 unspecified atom stereocenters. The van der Waals surface area contributed by atoms with Crippen LogP contribution in [0, 0.1) is 0 Å². The minimum atomic E-state index is -0.531. The normalized spacial score (nSPS) is 17.3. The van der Waals surface area contributed by atoms with E-state index in [4.69, 9.17) is 9.15 Å². The van der Waals surface area contributed by atoms with Gasteiger partial charge in [0.2, 0.25) is 5.89 Å². The van der Waals surface area contributed by atoms with Gasteiger partial charge in [0.05, 0.1) is 6.61 Å². The van der Waals surface area contributed by atoms with Crippen LogP contribution in [0.4, 0.5) is 0 Å². The molecule has 88 valence electrons. The molecular formula is C11H16N2O3. The van der Waals surface area contributed by atoms with Crippen molar-refractivity contribution in [1.82, 2.24) is 10.2 Å². The molecule has 0 aromatic carbocycles. The van der Waals surface area contributed by atoms with Crippen LogP contribution < -0.4 is 0 Å². The van der Waals surface area contributed by atoms with Crippen LogP contribution in [0.2, 0.25) is 0 Å². The van der Waals surface area contributed by atoms with Gasteiger partial charge in [0, 0.05) is 5.92 Å². The first kappa shape index (κ1) is 11.1. The van der Waals surface area contributed by atoms with E-state index in [1.54, 1.807) is 6.92 Å². The van der Waals surface area contributed by atoms with Crippen molar-refractivity contribution in [3.63, 3.8) is 0 Å². The van der Waals surface area contributed by atoms with Crippen LogP contribution in [0.5, 0.6) is 0 Å². The van der Waals surface area contributed by atoms with Crippen molar-refractivity contribution in [2.75, 3.05) is 6.61 Å². The third-order valence-electron chi connectivity index (χ3n) is 2.85. The van der Waals surface area contributed by atoms with Crippen molar-refractivity contribution in [2.45, 2.75) is 44.9 Å². The highest BCUT2D eigenvalue weighted by Crippen LogP contribution is 2.31.